The lowest BCUT2D eigenvalue weighted by Gasteiger charge is -2.37. The van der Waals surface area contributed by atoms with Crippen LogP contribution in [0.4, 0.5) is 4.39 Å². The van der Waals surface area contributed by atoms with E-state index in [1.54, 1.807) is 19.4 Å². The van der Waals surface area contributed by atoms with Gasteiger partial charge in [-0.3, -0.25) is 14.8 Å². The van der Waals surface area contributed by atoms with Gasteiger partial charge in [0.05, 0.1) is 18.5 Å². The Balaban J connectivity index is 1.30. The highest BCUT2D eigenvalue weighted by atomic mass is 19.1. The number of nitrogens with zero attached hydrogens (tertiary/aromatic N) is 3. The first-order valence-corrected chi connectivity index (χ1v) is 12.5. The van der Waals surface area contributed by atoms with Crippen molar-refractivity contribution in [2.75, 3.05) is 26.7 Å². The van der Waals surface area contributed by atoms with Crippen LogP contribution < -0.4 is 4.74 Å². The lowest BCUT2D eigenvalue weighted by Crippen LogP contribution is -2.44. The van der Waals surface area contributed by atoms with Crippen LogP contribution in [-0.4, -0.2) is 52.7 Å². The standard InChI is InChI=1S/C28H34FN3O3/c1-35-22-6-8-27-24(18-22)23(11-15-31-27)26(29)7-5-21-12-17-32(19-25(21)28(33)34)16-3-2-4-20-9-13-30-14-10-20/h6,8-11,13-15,18,21,25-26H,2-5,7,12,16-17,19H2,1H3,(H,33,34)/t21-,25+,26?/m1/s1. The van der Waals surface area contributed by atoms with Crippen LogP contribution in [0.15, 0.2) is 55.0 Å². The van der Waals surface area contributed by atoms with E-state index in [4.69, 9.17) is 4.74 Å². The number of halogens is 1. The summed E-state index contributed by atoms with van der Waals surface area (Å²) in [4.78, 5) is 22.7. The third-order valence-corrected chi connectivity index (χ3v) is 7.21. The van der Waals surface area contributed by atoms with Crippen molar-refractivity contribution >= 4 is 16.9 Å². The average molecular weight is 480 g/mol. The number of ether oxygens (including phenoxy) is 1. The third-order valence-electron chi connectivity index (χ3n) is 7.21. The van der Waals surface area contributed by atoms with Crippen molar-refractivity contribution in [2.24, 2.45) is 11.8 Å². The van der Waals surface area contributed by atoms with Gasteiger partial charge >= 0.3 is 5.97 Å². The molecule has 0 bridgehead atoms. The number of aromatic nitrogens is 2. The fourth-order valence-electron chi connectivity index (χ4n) is 5.17. The maximum absolute atomic E-state index is 15.4. The van der Waals surface area contributed by atoms with E-state index in [1.807, 2.05) is 42.7 Å². The number of piperidine rings is 1. The fraction of sp³-hybridized carbons (Fsp3) is 0.464. The second-order valence-corrected chi connectivity index (χ2v) is 9.43. The summed E-state index contributed by atoms with van der Waals surface area (Å²) in [6.45, 7) is 2.32. The molecule has 0 spiro atoms. The Morgan fingerprint density at radius 2 is 2.03 bits per heavy atom. The SMILES string of the molecule is COc1ccc2nccc(C(F)CC[C@@H]3CCN(CCCCc4ccncc4)C[C@@H]3C(=O)O)c2c1. The Morgan fingerprint density at radius 1 is 1.20 bits per heavy atom. The first-order chi connectivity index (χ1) is 17.0. The van der Waals surface area contributed by atoms with Crippen molar-refractivity contribution in [3.63, 3.8) is 0 Å². The van der Waals surface area contributed by atoms with Gasteiger partial charge in [-0.05, 0) is 105 Å². The van der Waals surface area contributed by atoms with Crippen LogP contribution in [-0.2, 0) is 11.2 Å². The van der Waals surface area contributed by atoms with Crippen LogP contribution >= 0.6 is 0 Å². The van der Waals surface area contributed by atoms with Gasteiger partial charge < -0.3 is 14.7 Å². The number of carbonyl (C=O) groups is 1. The van der Waals surface area contributed by atoms with Crippen LogP contribution in [0.1, 0.15) is 49.4 Å². The third kappa shape index (κ3) is 6.54. The molecule has 3 atom stereocenters. The number of aryl methyl sites for hydroxylation is 1. The second kappa shape index (κ2) is 12.1. The number of pyridine rings is 2. The second-order valence-electron chi connectivity index (χ2n) is 9.43. The molecule has 2 aromatic heterocycles. The zero-order valence-corrected chi connectivity index (χ0v) is 20.3. The first kappa shape index (κ1) is 25.0. The molecule has 35 heavy (non-hydrogen) atoms. The van der Waals surface area contributed by atoms with E-state index in [0.717, 1.165) is 49.7 Å². The number of hydrogen-bond acceptors (Lipinski definition) is 5. The molecule has 0 saturated carbocycles. The minimum Gasteiger partial charge on any atom is -0.497 e. The quantitative estimate of drug-likeness (QED) is 0.367. The number of rotatable bonds is 11. The lowest BCUT2D eigenvalue weighted by molar-refractivity contribution is -0.146. The molecule has 0 radical (unpaired) electrons. The molecule has 1 aromatic carbocycles. The number of benzene rings is 1. The summed E-state index contributed by atoms with van der Waals surface area (Å²) in [5.41, 5.74) is 2.60. The topological polar surface area (TPSA) is 75.5 Å². The van der Waals surface area contributed by atoms with Gasteiger partial charge in [-0.15, -0.1) is 0 Å². The number of unbranched alkanes of at least 4 members (excludes halogenated alkanes) is 1. The van der Waals surface area contributed by atoms with E-state index < -0.39 is 18.1 Å². The summed E-state index contributed by atoms with van der Waals surface area (Å²) < 4.78 is 20.7. The van der Waals surface area contributed by atoms with Crippen molar-refractivity contribution in [1.29, 1.82) is 0 Å². The molecular weight excluding hydrogens is 445 g/mol. The molecular formula is C28H34FN3O3. The van der Waals surface area contributed by atoms with E-state index in [0.29, 0.717) is 30.7 Å². The molecule has 186 valence electrons. The summed E-state index contributed by atoms with van der Waals surface area (Å²) in [7, 11) is 1.59. The Morgan fingerprint density at radius 3 is 2.80 bits per heavy atom. The van der Waals surface area contributed by atoms with E-state index in [-0.39, 0.29) is 5.92 Å². The van der Waals surface area contributed by atoms with Crippen LogP contribution in [0, 0.1) is 11.8 Å². The highest BCUT2D eigenvalue weighted by Crippen LogP contribution is 2.35. The average Bonchev–Trinajstić information content (AvgIpc) is 2.89. The number of fused-ring (bicyclic) bond motifs is 1. The lowest BCUT2D eigenvalue weighted by atomic mass is 9.81. The van der Waals surface area contributed by atoms with Gasteiger partial charge in [-0.25, -0.2) is 4.39 Å². The maximum atomic E-state index is 15.4. The summed E-state index contributed by atoms with van der Waals surface area (Å²) in [6, 6.07) is 11.3. The molecule has 0 amide bonds. The van der Waals surface area contributed by atoms with Crippen LogP contribution in [0.5, 0.6) is 5.75 Å². The highest BCUT2D eigenvalue weighted by molar-refractivity contribution is 5.83. The Kier molecular flexibility index (Phi) is 8.64. The molecule has 1 N–H and O–H groups in total. The molecule has 3 heterocycles. The molecule has 3 aromatic rings. The van der Waals surface area contributed by atoms with E-state index in [2.05, 4.69) is 14.9 Å². The number of likely N-dealkylation sites (tertiary alicyclic amines) is 1. The van der Waals surface area contributed by atoms with Gasteiger partial charge in [0, 0.05) is 30.5 Å². The number of aliphatic carboxylic acids is 1. The molecule has 1 aliphatic heterocycles. The maximum Gasteiger partial charge on any atom is 0.308 e. The summed E-state index contributed by atoms with van der Waals surface area (Å²) in [6.07, 6.45) is 8.84. The van der Waals surface area contributed by atoms with Crippen molar-refractivity contribution in [3.8, 4) is 5.75 Å². The first-order valence-electron chi connectivity index (χ1n) is 12.5. The van der Waals surface area contributed by atoms with Gasteiger partial charge in [-0.2, -0.15) is 0 Å². The molecule has 6 nitrogen and oxygen atoms in total. The van der Waals surface area contributed by atoms with Crippen molar-refractivity contribution in [1.82, 2.24) is 14.9 Å². The summed E-state index contributed by atoms with van der Waals surface area (Å²) >= 11 is 0. The number of carboxylic acids is 1. The van der Waals surface area contributed by atoms with Gasteiger partial charge in [-0.1, -0.05) is 0 Å². The minimum absolute atomic E-state index is 0.0125. The molecule has 7 heteroatoms. The van der Waals surface area contributed by atoms with Gasteiger partial charge in [0.15, 0.2) is 0 Å². The molecule has 0 aliphatic carbocycles. The van der Waals surface area contributed by atoms with Gasteiger partial charge in [0.25, 0.3) is 0 Å². The minimum atomic E-state index is -1.17. The van der Waals surface area contributed by atoms with Crippen LogP contribution in [0.2, 0.25) is 0 Å². The molecule has 1 fully saturated rings. The van der Waals surface area contributed by atoms with Crippen LogP contribution in [0.25, 0.3) is 10.9 Å². The predicted octanol–water partition coefficient (Wildman–Crippen LogP) is 5.47. The summed E-state index contributed by atoms with van der Waals surface area (Å²) in [5.74, 6) is -0.573. The Labute approximate surface area is 206 Å². The smallest absolute Gasteiger partial charge is 0.308 e. The zero-order valence-electron chi connectivity index (χ0n) is 20.3. The van der Waals surface area contributed by atoms with E-state index in [1.165, 1.54) is 5.56 Å². The Hall–Kier alpha value is -3.06. The van der Waals surface area contributed by atoms with Crippen molar-refractivity contribution in [3.05, 3.63) is 66.1 Å². The number of alkyl halides is 1. The largest absolute Gasteiger partial charge is 0.497 e. The molecule has 4 rings (SSSR count). The van der Waals surface area contributed by atoms with Gasteiger partial charge in [0.1, 0.15) is 11.9 Å². The molecule has 1 unspecified atom stereocenters. The Bertz CT molecular complexity index is 1110. The van der Waals surface area contributed by atoms with Crippen molar-refractivity contribution < 1.29 is 19.0 Å². The summed E-state index contributed by atoms with van der Waals surface area (Å²) in [5, 5.41) is 10.6. The number of hydrogen-bond donors (Lipinski definition) is 1. The normalized spacial score (nSPS) is 19.5. The monoisotopic (exact) mass is 479 g/mol. The van der Waals surface area contributed by atoms with E-state index >= 15 is 4.39 Å². The van der Waals surface area contributed by atoms with Gasteiger partial charge in [0.2, 0.25) is 0 Å². The van der Waals surface area contributed by atoms with E-state index in [9.17, 15) is 9.90 Å². The number of methoxy groups -OCH3 is 1. The number of carboxylic acid groups (broad SMARTS) is 1. The molecule has 1 saturated heterocycles. The highest BCUT2D eigenvalue weighted by Gasteiger charge is 2.34. The zero-order chi connectivity index (χ0) is 24.6. The van der Waals surface area contributed by atoms with Crippen molar-refractivity contribution in [2.45, 2.75) is 44.7 Å². The predicted molar refractivity (Wildman–Crippen MR) is 134 cm³/mol. The fourth-order valence-corrected chi connectivity index (χ4v) is 5.17. The molecule has 1 aliphatic rings. The van der Waals surface area contributed by atoms with Crippen LogP contribution in [0.3, 0.4) is 0 Å².